The van der Waals surface area contributed by atoms with Gasteiger partial charge in [-0.25, -0.2) is 0 Å². The average molecular weight is 611 g/mol. The molecule has 2 rings (SSSR count). The van der Waals surface area contributed by atoms with Gasteiger partial charge in [0.2, 0.25) is 13.6 Å². The molecule has 0 spiro atoms. The Morgan fingerprint density at radius 3 is 1.77 bits per heavy atom. The number of carbonyl (C=O) groups is 3. The lowest BCUT2D eigenvalue weighted by Crippen LogP contribution is -2.25. The van der Waals surface area contributed by atoms with Gasteiger partial charge in [0.1, 0.15) is 17.2 Å². The van der Waals surface area contributed by atoms with Crippen LogP contribution in [0.3, 0.4) is 0 Å². The third-order valence-electron chi connectivity index (χ3n) is 6.56. The van der Waals surface area contributed by atoms with E-state index in [1.54, 1.807) is 71.9 Å². The van der Waals surface area contributed by atoms with E-state index in [0.717, 1.165) is 23.1 Å². The molecule has 0 aliphatic heterocycles. The van der Waals surface area contributed by atoms with E-state index in [1.165, 1.54) is 6.08 Å². The number of benzene rings is 2. The van der Waals surface area contributed by atoms with Crippen LogP contribution < -0.4 is 14.2 Å². The van der Waals surface area contributed by atoms with Crippen LogP contribution >= 0.6 is 0 Å². The van der Waals surface area contributed by atoms with Gasteiger partial charge in [0, 0.05) is 16.7 Å². The van der Waals surface area contributed by atoms with Gasteiger partial charge in [0.15, 0.2) is 5.78 Å². The van der Waals surface area contributed by atoms with Gasteiger partial charge in [0.05, 0.1) is 17.4 Å². The van der Waals surface area contributed by atoms with Crippen molar-refractivity contribution in [2.24, 2.45) is 10.8 Å². The molecule has 0 unspecified atom stereocenters. The summed E-state index contributed by atoms with van der Waals surface area (Å²) in [5.74, 6) is 0.959. The molecule has 0 saturated carbocycles. The first-order valence-corrected chi connectivity index (χ1v) is 15.2. The first-order chi connectivity index (χ1) is 20.5. The van der Waals surface area contributed by atoms with Crippen molar-refractivity contribution in [1.29, 1.82) is 0 Å². The maximum Gasteiger partial charge on any atom is 0.314 e. The minimum atomic E-state index is -0.643. The third kappa shape index (κ3) is 10.4. The first kappa shape index (κ1) is 36.4. The Balaban J connectivity index is 2.36. The number of ether oxygens (including phenoxy) is 5. The van der Waals surface area contributed by atoms with E-state index >= 15 is 0 Å². The second-order valence-electron chi connectivity index (χ2n) is 13.4. The lowest BCUT2D eigenvalue weighted by Gasteiger charge is -2.25. The maximum atomic E-state index is 13.1. The van der Waals surface area contributed by atoms with Gasteiger partial charge in [-0.05, 0) is 108 Å². The molecule has 0 radical (unpaired) electrons. The summed E-state index contributed by atoms with van der Waals surface area (Å²) in [7, 11) is 0. The zero-order chi connectivity index (χ0) is 33.2. The van der Waals surface area contributed by atoms with E-state index in [1.807, 2.05) is 13.0 Å². The summed E-state index contributed by atoms with van der Waals surface area (Å²) in [4.78, 5) is 37.4. The third-order valence-corrected chi connectivity index (χ3v) is 6.56. The summed E-state index contributed by atoms with van der Waals surface area (Å²) in [5, 5.41) is 0. The Morgan fingerprint density at radius 1 is 0.750 bits per heavy atom. The number of carbonyl (C=O) groups excluding carboxylic acids is 3. The normalized spacial score (nSPS) is 12.0. The summed E-state index contributed by atoms with van der Waals surface area (Å²) < 4.78 is 28.5. The average Bonchev–Trinajstić information content (AvgIpc) is 2.93. The Hall–Kier alpha value is -3.81. The van der Waals surface area contributed by atoms with Gasteiger partial charge >= 0.3 is 11.9 Å². The molecule has 0 bridgehead atoms. The molecule has 0 saturated heterocycles. The van der Waals surface area contributed by atoms with Crippen molar-refractivity contribution >= 4 is 23.8 Å². The fourth-order valence-electron chi connectivity index (χ4n) is 4.02. The van der Waals surface area contributed by atoms with Crippen LogP contribution in [-0.2, 0) is 19.1 Å². The van der Waals surface area contributed by atoms with Crippen molar-refractivity contribution in [3.05, 3.63) is 58.7 Å². The van der Waals surface area contributed by atoms with Crippen molar-refractivity contribution in [1.82, 2.24) is 0 Å². The smallest absolute Gasteiger partial charge is 0.314 e. The van der Waals surface area contributed by atoms with Gasteiger partial charge in [-0.15, -0.1) is 0 Å². The summed E-state index contributed by atoms with van der Waals surface area (Å²) in [6.45, 7) is 21.0. The second kappa shape index (κ2) is 15.8. The highest BCUT2D eigenvalue weighted by Crippen LogP contribution is 2.44. The summed E-state index contributed by atoms with van der Waals surface area (Å²) in [5.41, 5.74) is 1.76. The lowest BCUT2D eigenvalue weighted by atomic mass is 9.90. The van der Waals surface area contributed by atoms with Crippen LogP contribution in [0.2, 0.25) is 0 Å². The van der Waals surface area contributed by atoms with E-state index in [-0.39, 0.29) is 43.1 Å². The second-order valence-corrected chi connectivity index (χ2v) is 13.4. The van der Waals surface area contributed by atoms with Crippen LogP contribution in [0, 0.1) is 10.8 Å². The number of rotatable bonds is 14. The minimum Gasteiger partial charge on any atom is -0.493 e. The van der Waals surface area contributed by atoms with Crippen LogP contribution in [-0.4, -0.2) is 37.9 Å². The summed E-state index contributed by atoms with van der Waals surface area (Å²) in [6, 6.07) is 8.62. The van der Waals surface area contributed by atoms with Gasteiger partial charge in [-0.3, -0.25) is 14.4 Å². The Labute approximate surface area is 263 Å². The number of esters is 2. The Kier molecular flexibility index (Phi) is 13.0. The fourth-order valence-corrected chi connectivity index (χ4v) is 4.02. The molecule has 2 aromatic rings. The monoisotopic (exact) mass is 610 g/mol. The molecule has 0 atom stereocenters. The molecule has 0 aliphatic carbocycles. The predicted octanol–water partition coefficient (Wildman–Crippen LogP) is 8.47. The lowest BCUT2D eigenvalue weighted by molar-refractivity contribution is -0.160. The molecule has 0 aliphatic rings. The molecule has 0 N–H and O–H groups in total. The zero-order valence-electron chi connectivity index (χ0n) is 28.3. The van der Waals surface area contributed by atoms with Crippen molar-refractivity contribution in [2.45, 2.75) is 94.4 Å². The Bertz CT molecular complexity index is 1310. The minimum absolute atomic E-state index is 0.0203. The van der Waals surface area contributed by atoms with Gasteiger partial charge in [-0.2, -0.15) is 0 Å². The summed E-state index contributed by atoms with van der Waals surface area (Å²) >= 11 is 0. The number of ketones is 1. The molecule has 2 aromatic carbocycles. The van der Waals surface area contributed by atoms with Crippen molar-refractivity contribution < 1.29 is 38.1 Å². The first-order valence-electron chi connectivity index (χ1n) is 15.2. The Morgan fingerprint density at radius 2 is 1.30 bits per heavy atom. The van der Waals surface area contributed by atoms with E-state index in [9.17, 15) is 14.4 Å². The van der Waals surface area contributed by atoms with Crippen LogP contribution in [0.1, 0.15) is 121 Å². The van der Waals surface area contributed by atoms with E-state index < -0.39 is 10.8 Å². The molecule has 44 heavy (non-hydrogen) atoms. The van der Waals surface area contributed by atoms with Gasteiger partial charge in [0.25, 0.3) is 0 Å². The van der Waals surface area contributed by atoms with Crippen LogP contribution in [0.5, 0.6) is 17.2 Å². The number of hydrogen-bond acceptors (Lipinski definition) is 8. The molecule has 8 nitrogen and oxygen atoms in total. The predicted molar refractivity (Wildman–Crippen MR) is 172 cm³/mol. The van der Waals surface area contributed by atoms with Crippen LogP contribution in [0.15, 0.2) is 36.4 Å². The van der Waals surface area contributed by atoms with Crippen LogP contribution in [0.25, 0.3) is 6.08 Å². The van der Waals surface area contributed by atoms with Crippen LogP contribution in [0.4, 0.5) is 0 Å². The number of hydrogen-bond donors (Lipinski definition) is 0. The molecular weight excluding hydrogens is 560 g/mol. The highest BCUT2D eigenvalue weighted by atomic mass is 16.7. The molecule has 242 valence electrons. The maximum absolute atomic E-state index is 13.1. The van der Waals surface area contributed by atoms with Gasteiger partial charge in [-0.1, -0.05) is 34.6 Å². The standard InChI is InChI=1S/C36H50O8/c1-12-19-40-31-26(15-18-29(37)25-13-16-27(17-14-25)41-21-43-33(38)35(6,7)8)20-28(23(2)3)32(30(31)24(4)5)42-22-44-34(39)36(9,10)11/h13-18,20,23-24H,12,19,21-22H2,1-11H3/b18-15+. The number of allylic oxidation sites excluding steroid dienone is 1. The van der Waals surface area contributed by atoms with Crippen molar-refractivity contribution in [2.75, 3.05) is 20.2 Å². The molecule has 0 amide bonds. The zero-order valence-corrected chi connectivity index (χ0v) is 28.3. The van der Waals surface area contributed by atoms with Gasteiger partial charge < -0.3 is 23.7 Å². The van der Waals surface area contributed by atoms with E-state index in [0.29, 0.717) is 29.4 Å². The molecule has 0 heterocycles. The van der Waals surface area contributed by atoms with Crippen molar-refractivity contribution in [3.63, 3.8) is 0 Å². The highest BCUT2D eigenvalue weighted by Gasteiger charge is 2.26. The molecule has 0 fully saturated rings. The van der Waals surface area contributed by atoms with Crippen molar-refractivity contribution in [3.8, 4) is 17.2 Å². The molecule has 0 aromatic heterocycles. The van der Waals surface area contributed by atoms with E-state index in [4.69, 9.17) is 23.7 Å². The van der Waals surface area contributed by atoms with E-state index in [2.05, 4.69) is 27.7 Å². The molecular formula is C36H50O8. The largest absolute Gasteiger partial charge is 0.493 e. The topological polar surface area (TPSA) is 97.4 Å². The molecule has 8 heteroatoms. The quantitative estimate of drug-likeness (QED) is 0.0909. The SMILES string of the molecule is CCCOc1c(/C=C/C(=O)c2ccc(OCOC(=O)C(C)(C)C)cc2)cc(C(C)C)c(OCOC(=O)C(C)(C)C)c1C(C)C. The highest BCUT2D eigenvalue weighted by molar-refractivity contribution is 6.07. The summed E-state index contributed by atoms with van der Waals surface area (Å²) in [6.07, 6.45) is 4.09. The fraction of sp³-hybridized carbons (Fsp3) is 0.528.